The molecule has 0 radical (unpaired) electrons. The third kappa shape index (κ3) is 4.16. The molecule has 19 heavy (non-hydrogen) atoms. The summed E-state index contributed by atoms with van der Waals surface area (Å²) < 4.78 is 26.7. The van der Waals surface area contributed by atoms with Crippen molar-refractivity contribution in [3.63, 3.8) is 0 Å². The molecule has 0 saturated heterocycles. The highest BCUT2D eigenvalue weighted by Gasteiger charge is 2.07. The standard InChI is InChI=1S/C15H14F2IN/c1-10(8-11-2-4-12(16)5-3-11)19-15-7-6-13(17)9-14(15)18/h2-7,9-10,19H,8H2,1H3. The summed E-state index contributed by atoms with van der Waals surface area (Å²) in [6.45, 7) is 2.04. The van der Waals surface area contributed by atoms with Crippen molar-refractivity contribution in [1.29, 1.82) is 0 Å². The summed E-state index contributed by atoms with van der Waals surface area (Å²) in [6, 6.07) is 11.3. The second kappa shape index (κ2) is 6.32. The fourth-order valence-electron chi connectivity index (χ4n) is 1.90. The van der Waals surface area contributed by atoms with Crippen LogP contribution in [0.4, 0.5) is 14.5 Å². The van der Waals surface area contributed by atoms with E-state index in [1.807, 2.05) is 6.92 Å². The predicted octanol–water partition coefficient (Wildman–Crippen LogP) is 4.61. The van der Waals surface area contributed by atoms with E-state index in [0.29, 0.717) is 0 Å². The molecule has 2 aromatic rings. The van der Waals surface area contributed by atoms with Crippen LogP contribution in [0.15, 0.2) is 42.5 Å². The van der Waals surface area contributed by atoms with Crippen molar-refractivity contribution in [2.45, 2.75) is 19.4 Å². The fourth-order valence-corrected chi connectivity index (χ4v) is 2.53. The first-order valence-corrected chi connectivity index (χ1v) is 7.08. The Morgan fingerprint density at radius 1 is 1.05 bits per heavy atom. The second-order valence-corrected chi connectivity index (χ2v) is 5.66. The Morgan fingerprint density at radius 3 is 2.32 bits per heavy atom. The molecule has 0 aliphatic heterocycles. The van der Waals surface area contributed by atoms with Gasteiger partial charge in [-0.15, -0.1) is 0 Å². The SMILES string of the molecule is CC(Cc1ccc(F)cc1)Nc1ccc(F)cc1I. The Labute approximate surface area is 125 Å². The first-order chi connectivity index (χ1) is 9.04. The molecular weight excluding hydrogens is 359 g/mol. The van der Waals surface area contributed by atoms with E-state index < -0.39 is 0 Å². The van der Waals surface area contributed by atoms with Gasteiger partial charge in [0.05, 0.1) is 0 Å². The van der Waals surface area contributed by atoms with Crippen LogP contribution >= 0.6 is 22.6 Å². The van der Waals surface area contributed by atoms with Crippen LogP contribution < -0.4 is 5.32 Å². The molecular formula is C15H14F2IN. The molecule has 0 bridgehead atoms. The molecule has 0 aliphatic rings. The molecule has 0 heterocycles. The van der Waals surface area contributed by atoms with Gasteiger partial charge in [-0.25, -0.2) is 8.78 Å². The Hall–Kier alpha value is -1.17. The molecule has 0 fully saturated rings. The molecule has 0 aliphatic carbocycles. The van der Waals surface area contributed by atoms with Gasteiger partial charge in [0.1, 0.15) is 11.6 Å². The van der Waals surface area contributed by atoms with E-state index in [2.05, 4.69) is 27.9 Å². The van der Waals surface area contributed by atoms with Gasteiger partial charge < -0.3 is 5.32 Å². The Bertz CT molecular complexity index is 555. The highest BCUT2D eigenvalue weighted by molar-refractivity contribution is 14.1. The maximum Gasteiger partial charge on any atom is 0.124 e. The first kappa shape index (κ1) is 14.2. The zero-order chi connectivity index (χ0) is 13.8. The average molecular weight is 373 g/mol. The van der Waals surface area contributed by atoms with E-state index in [0.717, 1.165) is 21.2 Å². The van der Waals surface area contributed by atoms with Crippen molar-refractivity contribution in [2.24, 2.45) is 0 Å². The van der Waals surface area contributed by atoms with E-state index in [1.165, 1.54) is 24.3 Å². The maximum atomic E-state index is 13.0. The topological polar surface area (TPSA) is 12.0 Å². The van der Waals surface area contributed by atoms with Gasteiger partial charge in [-0.1, -0.05) is 12.1 Å². The highest BCUT2D eigenvalue weighted by Crippen LogP contribution is 2.20. The molecule has 0 saturated carbocycles. The lowest BCUT2D eigenvalue weighted by atomic mass is 10.1. The molecule has 2 rings (SSSR count). The van der Waals surface area contributed by atoms with Gasteiger partial charge in [-0.05, 0) is 71.8 Å². The van der Waals surface area contributed by atoms with Gasteiger partial charge in [0.15, 0.2) is 0 Å². The fraction of sp³-hybridized carbons (Fsp3) is 0.200. The predicted molar refractivity (Wildman–Crippen MR) is 82.3 cm³/mol. The number of anilines is 1. The van der Waals surface area contributed by atoms with Crippen molar-refractivity contribution >= 4 is 28.3 Å². The summed E-state index contributed by atoms with van der Waals surface area (Å²) >= 11 is 2.10. The summed E-state index contributed by atoms with van der Waals surface area (Å²) in [6.07, 6.45) is 0.785. The molecule has 1 unspecified atom stereocenters. The highest BCUT2D eigenvalue weighted by atomic mass is 127. The van der Waals surface area contributed by atoms with Crippen LogP contribution in [0.25, 0.3) is 0 Å². The third-order valence-corrected chi connectivity index (χ3v) is 3.68. The first-order valence-electron chi connectivity index (χ1n) is 6.00. The van der Waals surface area contributed by atoms with Crippen LogP contribution in [-0.2, 0) is 6.42 Å². The van der Waals surface area contributed by atoms with Gasteiger partial charge in [-0.3, -0.25) is 0 Å². The van der Waals surface area contributed by atoms with Gasteiger partial charge in [0, 0.05) is 15.3 Å². The van der Waals surface area contributed by atoms with Crippen LogP contribution in [0.1, 0.15) is 12.5 Å². The quantitative estimate of drug-likeness (QED) is 0.772. The van der Waals surface area contributed by atoms with Gasteiger partial charge in [-0.2, -0.15) is 0 Å². The number of hydrogen-bond donors (Lipinski definition) is 1. The third-order valence-electron chi connectivity index (χ3n) is 2.79. The Balaban J connectivity index is 2.01. The minimum Gasteiger partial charge on any atom is -0.381 e. The lowest BCUT2D eigenvalue weighted by Crippen LogP contribution is -2.18. The van der Waals surface area contributed by atoms with Crippen LogP contribution in [0, 0.1) is 15.2 Å². The van der Waals surface area contributed by atoms with Gasteiger partial charge in [0.2, 0.25) is 0 Å². The maximum absolute atomic E-state index is 13.0. The lowest BCUT2D eigenvalue weighted by molar-refractivity contribution is 0.626. The minimum absolute atomic E-state index is 0.185. The monoisotopic (exact) mass is 373 g/mol. The molecule has 100 valence electrons. The molecule has 0 amide bonds. The number of benzene rings is 2. The number of halogens is 3. The van der Waals surface area contributed by atoms with Crippen LogP contribution in [0.3, 0.4) is 0 Å². The molecule has 1 nitrogen and oxygen atoms in total. The Kier molecular flexibility index (Phi) is 4.74. The molecule has 1 N–H and O–H groups in total. The van der Waals surface area contributed by atoms with Crippen molar-refractivity contribution in [3.8, 4) is 0 Å². The van der Waals surface area contributed by atoms with E-state index >= 15 is 0 Å². The van der Waals surface area contributed by atoms with E-state index in [1.54, 1.807) is 18.2 Å². The summed E-state index contributed by atoms with van der Waals surface area (Å²) in [5.74, 6) is -0.460. The van der Waals surface area contributed by atoms with Crippen molar-refractivity contribution < 1.29 is 8.78 Å². The van der Waals surface area contributed by atoms with Crippen molar-refractivity contribution in [3.05, 3.63) is 63.2 Å². The summed E-state index contributed by atoms with van der Waals surface area (Å²) in [4.78, 5) is 0. The summed E-state index contributed by atoms with van der Waals surface area (Å²) in [5, 5.41) is 3.33. The molecule has 0 aromatic heterocycles. The van der Waals surface area contributed by atoms with Crippen LogP contribution in [0.5, 0.6) is 0 Å². The van der Waals surface area contributed by atoms with Crippen molar-refractivity contribution in [2.75, 3.05) is 5.32 Å². The molecule has 1 atom stereocenters. The van der Waals surface area contributed by atoms with E-state index in [4.69, 9.17) is 0 Å². The van der Waals surface area contributed by atoms with Crippen LogP contribution in [0.2, 0.25) is 0 Å². The number of nitrogens with one attached hydrogen (secondary N) is 1. The zero-order valence-corrected chi connectivity index (χ0v) is 12.6. The largest absolute Gasteiger partial charge is 0.381 e. The molecule has 4 heteroatoms. The second-order valence-electron chi connectivity index (χ2n) is 4.50. The summed E-state index contributed by atoms with van der Waals surface area (Å²) in [5.41, 5.74) is 1.98. The zero-order valence-electron chi connectivity index (χ0n) is 10.5. The minimum atomic E-state index is -0.235. The lowest BCUT2D eigenvalue weighted by Gasteiger charge is -2.16. The normalized spacial score (nSPS) is 12.2. The number of hydrogen-bond acceptors (Lipinski definition) is 1. The molecule has 2 aromatic carbocycles. The van der Waals surface area contributed by atoms with Gasteiger partial charge in [0.25, 0.3) is 0 Å². The average Bonchev–Trinajstić information content (AvgIpc) is 2.36. The molecule has 0 spiro atoms. The number of rotatable bonds is 4. The Morgan fingerprint density at radius 2 is 1.68 bits per heavy atom. The van der Waals surface area contributed by atoms with Crippen molar-refractivity contribution in [1.82, 2.24) is 0 Å². The van der Waals surface area contributed by atoms with Crippen LogP contribution in [-0.4, -0.2) is 6.04 Å². The van der Waals surface area contributed by atoms with E-state index in [9.17, 15) is 8.78 Å². The summed E-state index contributed by atoms with van der Waals surface area (Å²) in [7, 11) is 0. The van der Waals surface area contributed by atoms with E-state index in [-0.39, 0.29) is 17.7 Å². The van der Waals surface area contributed by atoms with Gasteiger partial charge >= 0.3 is 0 Å². The smallest absolute Gasteiger partial charge is 0.124 e.